The zero-order chi connectivity index (χ0) is 17.8. The number of nitrogens with zero attached hydrogens (tertiary/aromatic N) is 4. The monoisotopic (exact) mass is 344 g/mol. The lowest BCUT2D eigenvalue weighted by atomic mass is 10.1. The number of para-hydroxylation sites is 1. The summed E-state index contributed by atoms with van der Waals surface area (Å²) in [4.78, 5) is 25.2. The lowest BCUT2D eigenvalue weighted by Crippen LogP contribution is -2.48. The Kier molecular flexibility index (Phi) is 4.60. The van der Waals surface area contributed by atoms with E-state index in [1.165, 1.54) is 0 Å². The summed E-state index contributed by atoms with van der Waals surface area (Å²) in [7, 11) is 0. The van der Waals surface area contributed by atoms with Gasteiger partial charge in [-0.05, 0) is 24.3 Å². The number of hydrogen-bond donors (Lipinski definition) is 0. The van der Waals surface area contributed by atoms with Crippen molar-refractivity contribution < 1.29 is 4.79 Å². The number of anilines is 1. The lowest BCUT2D eigenvalue weighted by molar-refractivity contribution is -0.126. The van der Waals surface area contributed by atoms with Crippen molar-refractivity contribution in [2.75, 3.05) is 31.1 Å². The average molecular weight is 344 g/mol. The molecule has 2 aromatic heterocycles. The predicted molar refractivity (Wildman–Crippen MR) is 104 cm³/mol. The second-order valence-electron chi connectivity index (χ2n) is 6.27. The summed E-state index contributed by atoms with van der Waals surface area (Å²) >= 11 is 0. The molecular weight excluding hydrogens is 324 g/mol. The fraction of sp³-hybridized carbons (Fsp3) is 0.190. The maximum Gasteiger partial charge on any atom is 0.246 e. The molecular formula is C21H20N4O. The van der Waals surface area contributed by atoms with Crippen LogP contribution in [0.5, 0.6) is 0 Å². The molecule has 1 aliphatic rings. The van der Waals surface area contributed by atoms with Crippen LogP contribution in [0.2, 0.25) is 0 Å². The molecule has 3 aromatic rings. The second kappa shape index (κ2) is 7.35. The Hall–Kier alpha value is -3.21. The van der Waals surface area contributed by atoms with Gasteiger partial charge >= 0.3 is 0 Å². The van der Waals surface area contributed by atoms with Gasteiger partial charge in [-0.1, -0.05) is 24.3 Å². The summed E-state index contributed by atoms with van der Waals surface area (Å²) < 4.78 is 0. The van der Waals surface area contributed by atoms with Crippen molar-refractivity contribution in [1.29, 1.82) is 0 Å². The number of hydrogen-bond acceptors (Lipinski definition) is 4. The van der Waals surface area contributed by atoms with E-state index in [2.05, 4.69) is 14.9 Å². The first-order chi connectivity index (χ1) is 12.8. The van der Waals surface area contributed by atoms with Crippen LogP contribution in [0.4, 0.5) is 5.69 Å². The highest BCUT2D eigenvalue weighted by Crippen LogP contribution is 2.18. The third kappa shape index (κ3) is 3.42. The van der Waals surface area contributed by atoms with Gasteiger partial charge in [0.15, 0.2) is 0 Å². The largest absolute Gasteiger partial charge is 0.368 e. The molecule has 0 spiro atoms. The number of amides is 1. The van der Waals surface area contributed by atoms with Crippen LogP contribution >= 0.6 is 0 Å². The van der Waals surface area contributed by atoms with Gasteiger partial charge in [-0.25, -0.2) is 0 Å². The van der Waals surface area contributed by atoms with Gasteiger partial charge in [0.1, 0.15) is 0 Å². The van der Waals surface area contributed by atoms with Crippen LogP contribution in [-0.2, 0) is 4.79 Å². The van der Waals surface area contributed by atoms with Crippen LogP contribution in [0, 0.1) is 0 Å². The van der Waals surface area contributed by atoms with E-state index in [1.54, 1.807) is 24.7 Å². The van der Waals surface area contributed by atoms with E-state index < -0.39 is 0 Å². The number of rotatable bonds is 3. The Morgan fingerprint density at radius 2 is 1.69 bits per heavy atom. The van der Waals surface area contributed by atoms with Gasteiger partial charge in [0.05, 0.1) is 5.52 Å². The molecule has 0 unspecified atom stereocenters. The average Bonchev–Trinajstić information content (AvgIpc) is 2.73. The molecule has 0 N–H and O–H groups in total. The van der Waals surface area contributed by atoms with Crippen LogP contribution in [0.1, 0.15) is 5.56 Å². The molecule has 0 atom stereocenters. The van der Waals surface area contributed by atoms with Gasteiger partial charge in [0.2, 0.25) is 5.91 Å². The molecule has 26 heavy (non-hydrogen) atoms. The first-order valence-corrected chi connectivity index (χ1v) is 8.77. The molecule has 1 aliphatic heterocycles. The minimum atomic E-state index is 0.0484. The minimum Gasteiger partial charge on any atom is -0.368 e. The molecule has 3 heterocycles. The highest BCUT2D eigenvalue weighted by molar-refractivity contribution is 5.95. The topological polar surface area (TPSA) is 49.3 Å². The molecule has 0 aliphatic carbocycles. The molecule has 1 saturated heterocycles. The van der Waals surface area contributed by atoms with E-state index in [9.17, 15) is 4.79 Å². The van der Waals surface area contributed by atoms with Crippen LogP contribution < -0.4 is 4.90 Å². The van der Waals surface area contributed by atoms with E-state index >= 15 is 0 Å². The van der Waals surface area contributed by atoms with Gasteiger partial charge in [0.25, 0.3) is 0 Å². The summed E-state index contributed by atoms with van der Waals surface area (Å²) in [6, 6.07) is 14.0. The third-order valence-electron chi connectivity index (χ3n) is 4.69. The number of piperazine rings is 1. The van der Waals surface area contributed by atoms with Crippen molar-refractivity contribution in [2.24, 2.45) is 0 Å². The molecule has 5 heteroatoms. The smallest absolute Gasteiger partial charge is 0.246 e. The van der Waals surface area contributed by atoms with E-state index in [-0.39, 0.29) is 5.91 Å². The third-order valence-corrected chi connectivity index (χ3v) is 4.69. The Bertz CT molecular complexity index is 926. The predicted octanol–water partition coefficient (Wildman–Crippen LogP) is 2.99. The van der Waals surface area contributed by atoms with Crippen molar-refractivity contribution in [3.63, 3.8) is 0 Å². The molecule has 0 saturated carbocycles. The molecule has 0 radical (unpaired) electrons. The number of fused-ring (bicyclic) bond motifs is 1. The van der Waals surface area contributed by atoms with Crippen molar-refractivity contribution in [3.8, 4) is 0 Å². The van der Waals surface area contributed by atoms with Crippen LogP contribution in [0.3, 0.4) is 0 Å². The highest BCUT2D eigenvalue weighted by atomic mass is 16.2. The van der Waals surface area contributed by atoms with Gasteiger partial charge in [0, 0.05) is 67.5 Å². The number of carbonyl (C=O) groups excluding carboxylic acids is 1. The van der Waals surface area contributed by atoms with Crippen LogP contribution in [0.25, 0.3) is 17.0 Å². The fourth-order valence-corrected chi connectivity index (χ4v) is 3.27. The summed E-state index contributed by atoms with van der Waals surface area (Å²) in [5, 5.41) is 1.08. The molecule has 1 aromatic carbocycles. The van der Waals surface area contributed by atoms with E-state index in [4.69, 9.17) is 0 Å². The number of carbonyl (C=O) groups is 1. The molecule has 1 amide bonds. The summed E-state index contributed by atoms with van der Waals surface area (Å²) in [6.07, 6.45) is 8.90. The van der Waals surface area contributed by atoms with E-state index in [0.717, 1.165) is 48.3 Å². The fourth-order valence-electron chi connectivity index (χ4n) is 3.27. The summed E-state index contributed by atoms with van der Waals surface area (Å²) in [6.45, 7) is 3.11. The van der Waals surface area contributed by atoms with Crippen molar-refractivity contribution in [1.82, 2.24) is 14.9 Å². The van der Waals surface area contributed by atoms with Crippen molar-refractivity contribution in [3.05, 3.63) is 72.7 Å². The van der Waals surface area contributed by atoms with Gasteiger partial charge in [-0.2, -0.15) is 0 Å². The SMILES string of the molecule is O=C(/C=C/c1cccc2cccnc12)N1CCN(c2ccncc2)CC1. The summed E-state index contributed by atoms with van der Waals surface area (Å²) in [5.74, 6) is 0.0484. The maximum absolute atomic E-state index is 12.5. The molecule has 130 valence electrons. The normalized spacial score (nSPS) is 14.9. The van der Waals surface area contributed by atoms with E-state index in [1.807, 2.05) is 53.4 Å². The molecule has 1 fully saturated rings. The number of benzene rings is 1. The lowest BCUT2D eigenvalue weighted by Gasteiger charge is -2.35. The van der Waals surface area contributed by atoms with Crippen molar-refractivity contribution >= 4 is 28.6 Å². The first-order valence-electron chi connectivity index (χ1n) is 8.77. The minimum absolute atomic E-state index is 0.0484. The zero-order valence-electron chi connectivity index (χ0n) is 14.5. The number of pyridine rings is 2. The summed E-state index contributed by atoms with van der Waals surface area (Å²) in [5.41, 5.74) is 3.04. The van der Waals surface area contributed by atoms with Gasteiger partial charge < -0.3 is 9.80 Å². The Labute approximate surface area is 152 Å². The quantitative estimate of drug-likeness (QED) is 0.686. The molecule has 5 nitrogen and oxygen atoms in total. The highest BCUT2D eigenvalue weighted by Gasteiger charge is 2.19. The Morgan fingerprint density at radius 3 is 2.50 bits per heavy atom. The van der Waals surface area contributed by atoms with Crippen LogP contribution in [0.15, 0.2) is 67.1 Å². The Balaban J connectivity index is 1.42. The van der Waals surface area contributed by atoms with Crippen molar-refractivity contribution in [2.45, 2.75) is 0 Å². The first kappa shape index (κ1) is 16.3. The Morgan fingerprint density at radius 1 is 0.923 bits per heavy atom. The van der Waals surface area contributed by atoms with E-state index in [0.29, 0.717) is 0 Å². The molecule has 0 bridgehead atoms. The van der Waals surface area contributed by atoms with Gasteiger partial charge in [-0.3, -0.25) is 14.8 Å². The van der Waals surface area contributed by atoms with Crippen LogP contribution in [-0.4, -0.2) is 47.0 Å². The second-order valence-corrected chi connectivity index (χ2v) is 6.27. The standard InChI is InChI=1S/C21H20N4O/c26-20(7-6-18-4-1-3-17-5-2-10-23-21(17)18)25-15-13-24(14-16-25)19-8-11-22-12-9-19/h1-12H,13-16H2/b7-6+. The molecule has 4 rings (SSSR count). The zero-order valence-corrected chi connectivity index (χ0v) is 14.5. The number of aromatic nitrogens is 2. The maximum atomic E-state index is 12.5. The van der Waals surface area contributed by atoms with Gasteiger partial charge in [-0.15, -0.1) is 0 Å².